The van der Waals surface area contributed by atoms with Crippen LogP contribution in [0.15, 0.2) is 34.9 Å². The third-order valence-corrected chi connectivity index (χ3v) is 4.58. The van der Waals surface area contributed by atoms with Crippen molar-refractivity contribution in [1.29, 1.82) is 0 Å². The van der Waals surface area contributed by atoms with Gasteiger partial charge < -0.3 is 14.7 Å². The second-order valence-electron chi connectivity index (χ2n) is 6.64. The van der Waals surface area contributed by atoms with E-state index in [0.29, 0.717) is 5.92 Å². The summed E-state index contributed by atoms with van der Waals surface area (Å²) in [6.45, 7) is 7.01. The summed E-state index contributed by atoms with van der Waals surface area (Å²) in [5.41, 5.74) is 2.94. The molecule has 1 aliphatic heterocycles. The van der Waals surface area contributed by atoms with Crippen LogP contribution in [0.3, 0.4) is 0 Å². The summed E-state index contributed by atoms with van der Waals surface area (Å²) in [4.78, 5) is 14.5. The quantitative estimate of drug-likeness (QED) is 0.883. The van der Waals surface area contributed by atoms with Gasteiger partial charge in [-0.3, -0.25) is 0 Å². The maximum Gasteiger partial charge on any atom is 0.322 e. The second kappa shape index (κ2) is 7.07. The molecule has 0 spiro atoms. The number of aryl methyl sites for hydroxylation is 1. The number of amides is 2. The van der Waals surface area contributed by atoms with E-state index in [-0.39, 0.29) is 12.1 Å². The van der Waals surface area contributed by atoms with Crippen LogP contribution in [0.1, 0.15) is 62.6 Å². The number of urea groups is 1. The first-order valence-electron chi connectivity index (χ1n) is 8.71. The lowest BCUT2D eigenvalue weighted by Crippen LogP contribution is -2.34. The molecule has 2 heterocycles. The number of hydrogen-bond donors (Lipinski definition) is 1. The van der Waals surface area contributed by atoms with Crippen molar-refractivity contribution in [2.75, 3.05) is 11.9 Å². The normalized spacial score (nSPS) is 17.5. The largest absolute Gasteiger partial charge is 0.361 e. The van der Waals surface area contributed by atoms with E-state index in [1.54, 1.807) is 0 Å². The highest BCUT2D eigenvalue weighted by atomic mass is 16.5. The average molecular weight is 327 g/mol. The van der Waals surface area contributed by atoms with Gasteiger partial charge in [0.15, 0.2) is 0 Å². The van der Waals surface area contributed by atoms with Gasteiger partial charge >= 0.3 is 6.03 Å². The summed E-state index contributed by atoms with van der Waals surface area (Å²) in [7, 11) is 0. The first-order valence-corrected chi connectivity index (χ1v) is 8.71. The molecule has 5 nitrogen and oxygen atoms in total. The van der Waals surface area contributed by atoms with Gasteiger partial charge in [0.2, 0.25) is 0 Å². The maximum atomic E-state index is 12.7. The molecule has 3 rings (SSSR count). The van der Waals surface area contributed by atoms with Crippen molar-refractivity contribution < 1.29 is 9.32 Å². The molecule has 128 valence electrons. The van der Waals surface area contributed by atoms with E-state index in [0.717, 1.165) is 42.9 Å². The monoisotopic (exact) mass is 327 g/mol. The number of carbonyl (C=O) groups is 1. The van der Waals surface area contributed by atoms with Gasteiger partial charge in [-0.15, -0.1) is 0 Å². The average Bonchev–Trinajstić information content (AvgIpc) is 3.24. The molecule has 0 bridgehead atoms. The van der Waals surface area contributed by atoms with Gasteiger partial charge in [-0.2, -0.15) is 0 Å². The SMILES string of the molecule is CCc1ccc(NC(=O)N2CCC[C@@H]2c2cc(C(C)C)on2)cc1. The minimum Gasteiger partial charge on any atom is -0.361 e. The zero-order chi connectivity index (χ0) is 17.1. The van der Waals surface area contributed by atoms with Crippen LogP contribution in [0.4, 0.5) is 10.5 Å². The van der Waals surface area contributed by atoms with Crippen molar-refractivity contribution in [2.24, 2.45) is 0 Å². The van der Waals surface area contributed by atoms with Gasteiger partial charge in [-0.05, 0) is 37.0 Å². The first-order chi connectivity index (χ1) is 11.6. The molecule has 2 aromatic rings. The lowest BCUT2D eigenvalue weighted by Gasteiger charge is -2.23. The number of hydrogen-bond acceptors (Lipinski definition) is 3. The fourth-order valence-electron chi connectivity index (χ4n) is 3.07. The molecule has 0 saturated carbocycles. The van der Waals surface area contributed by atoms with Crippen LogP contribution in [-0.2, 0) is 6.42 Å². The number of nitrogens with one attached hydrogen (secondary N) is 1. The van der Waals surface area contributed by atoms with Crippen molar-refractivity contribution >= 4 is 11.7 Å². The van der Waals surface area contributed by atoms with Crippen molar-refractivity contribution in [1.82, 2.24) is 10.1 Å². The Morgan fingerprint density at radius 3 is 2.75 bits per heavy atom. The number of carbonyl (C=O) groups excluding carboxylic acids is 1. The van der Waals surface area contributed by atoms with Crippen LogP contribution in [0.25, 0.3) is 0 Å². The van der Waals surface area contributed by atoms with Crippen molar-refractivity contribution in [3.05, 3.63) is 47.3 Å². The number of anilines is 1. The second-order valence-corrected chi connectivity index (χ2v) is 6.64. The highest BCUT2D eigenvalue weighted by Gasteiger charge is 2.32. The molecule has 1 fully saturated rings. The molecular formula is C19H25N3O2. The predicted molar refractivity (Wildman–Crippen MR) is 94.1 cm³/mol. The van der Waals surface area contributed by atoms with E-state index in [4.69, 9.17) is 4.52 Å². The van der Waals surface area contributed by atoms with Gasteiger partial charge in [-0.1, -0.05) is 38.1 Å². The number of nitrogens with zero attached hydrogens (tertiary/aromatic N) is 2. The Kier molecular flexibility index (Phi) is 4.88. The molecule has 1 aromatic heterocycles. The summed E-state index contributed by atoms with van der Waals surface area (Å²) < 4.78 is 5.40. The van der Waals surface area contributed by atoms with E-state index in [1.165, 1.54) is 5.56 Å². The van der Waals surface area contributed by atoms with E-state index in [9.17, 15) is 4.79 Å². The number of likely N-dealkylation sites (tertiary alicyclic amines) is 1. The van der Waals surface area contributed by atoms with Crippen LogP contribution in [0.5, 0.6) is 0 Å². The smallest absolute Gasteiger partial charge is 0.322 e. The molecule has 1 atom stereocenters. The third kappa shape index (κ3) is 3.45. The highest BCUT2D eigenvalue weighted by molar-refractivity contribution is 5.89. The number of aromatic nitrogens is 1. The van der Waals surface area contributed by atoms with Crippen LogP contribution >= 0.6 is 0 Å². The molecule has 1 aliphatic rings. The van der Waals surface area contributed by atoms with Gasteiger partial charge in [0.1, 0.15) is 11.5 Å². The summed E-state index contributed by atoms with van der Waals surface area (Å²) in [5.74, 6) is 1.17. The molecular weight excluding hydrogens is 302 g/mol. The van der Waals surface area contributed by atoms with Gasteiger partial charge in [0.25, 0.3) is 0 Å². The topological polar surface area (TPSA) is 58.4 Å². The lowest BCUT2D eigenvalue weighted by atomic mass is 10.1. The minimum absolute atomic E-state index is 0.00355. The predicted octanol–water partition coefficient (Wildman–Crippen LogP) is 4.73. The first kappa shape index (κ1) is 16.6. The molecule has 0 aliphatic carbocycles. The fraction of sp³-hybridized carbons (Fsp3) is 0.474. The molecule has 1 aromatic carbocycles. The Balaban J connectivity index is 1.70. The molecule has 0 unspecified atom stereocenters. The summed E-state index contributed by atoms with van der Waals surface area (Å²) in [6.07, 6.45) is 2.90. The Morgan fingerprint density at radius 2 is 2.12 bits per heavy atom. The number of rotatable bonds is 4. The van der Waals surface area contributed by atoms with E-state index < -0.39 is 0 Å². The van der Waals surface area contributed by atoms with E-state index >= 15 is 0 Å². The Labute approximate surface area is 143 Å². The molecule has 1 N–H and O–H groups in total. The van der Waals surface area contributed by atoms with Crippen molar-refractivity contribution in [3.8, 4) is 0 Å². The molecule has 24 heavy (non-hydrogen) atoms. The number of benzene rings is 1. The molecule has 5 heteroatoms. The molecule has 1 saturated heterocycles. The summed E-state index contributed by atoms with van der Waals surface area (Å²) in [5, 5.41) is 7.18. The van der Waals surface area contributed by atoms with Crippen LogP contribution in [0, 0.1) is 0 Å². The Bertz CT molecular complexity index is 691. The van der Waals surface area contributed by atoms with Crippen molar-refractivity contribution in [3.63, 3.8) is 0 Å². The van der Waals surface area contributed by atoms with Gasteiger partial charge in [0.05, 0.1) is 6.04 Å². The Hall–Kier alpha value is -2.30. The standard InChI is InChI=1S/C19H25N3O2/c1-4-14-7-9-15(10-8-14)20-19(23)22-11-5-6-17(22)16-12-18(13(2)3)24-21-16/h7-10,12-13,17H,4-6,11H2,1-3H3,(H,20,23)/t17-/m1/s1. The Morgan fingerprint density at radius 1 is 1.38 bits per heavy atom. The fourth-order valence-corrected chi connectivity index (χ4v) is 3.07. The molecule has 2 amide bonds. The lowest BCUT2D eigenvalue weighted by molar-refractivity contribution is 0.204. The summed E-state index contributed by atoms with van der Waals surface area (Å²) >= 11 is 0. The maximum absolute atomic E-state index is 12.7. The van der Waals surface area contributed by atoms with Crippen LogP contribution in [0.2, 0.25) is 0 Å². The minimum atomic E-state index is -0.0733. The van der Waals surface area contributed by atoms with Crippen molar-refractivity contribution in [2.45, 2.75) is 52.0 Å². The van der Waals surface area contributed by atoms with E-state index in [2.05, 4.69) is 31.2 Å². The molecule has 0 radical (unpaired) electrons. The zero-order valence-electron chi connectivity index (χ0n) is 14.6. The van der Waals surface area contributed by atoms with Crippen LogP contribution < -0.4 is 5.32 Å². The van der Waals surface area contributed by atoms with Gasteiger partial charge in [-0.25, -0.2) is 4.79 Å². The summed E-state index contributed by atoms with van der Waals surface area (Å²) in [6, 6.07) is 9.90. The van der Waals surface area contributed by atoms with Gasteiger partial charge in [0, 0.05) is 24.2 Å². The van der Waals surface area contributed by atoms with Crippen LogP contribution in [-0.4, -0.2) is 22.6 Å². The third-order valence-electron chi connectivity index (χ3n) is 4.58. The highest BCUT2D eigenvalue weighted by Crippen LogP contribution is 2.33. The van der Waals surface area contributed by atoms with E-state index in [1.807, 2.05) is 35.2 Å². The zero-order valence-corrected chi connectivity index (χ0v) is 14.6.